The molecular formula is C21H27N3O3. The predicted molar refractivity (Wildman–Crippen MR) is 106 cm³/mol. The van der Waals surface area contributed by atoms with E-state index in [1.165, 1.54) is 19.4 Å². The molecule has 1 aromatic heterocycles. The number of carbonyl (C=O) groups is 2. The Morgan fingerprint density at radius 2 is 1.63 bits per heavy atom. The third-order valence-electron chi connectivity index (χ3n) is 4.33. The van der Waals surface area contributed by atoms with Crippen LogP contribution in [0.4, 0.5) is 0 Å². The smallest absolute Gasteiger partial charge is 0.257 e. The first kappa shape index (κ1) is 20.4. The lowest BCUT2D eigenvalue weighted by Gasteiger charge is -2.13. The first-order chi connectivity index (χ1) is 12.8. The second-order valence-corrected chi connectivity index (χ2v) is 7.08. The highest BCUT2D eigenvalue weighted by molar-refractivity contribution is 5.99. The van der Waals surface area contributed by atoms with E-state index >= 15 is 0 Å². The van der Waals surface area contributed by atoms with Gasteiger partial charge in [-0.3, -0.25) is 14.4 Å². The Morgan fingerprint density at radius 1 is 1.04 bits per heavy atom. The summed E-state index contributed by atoms with van der Waals surface area (Å²) in [6, 6.07) is 7.79. The normalized spacial score (nSPS) is 10.7. The minimum absolute atomic E-state index is 0.0213. The lowest BCUT2D eigenvalue weighted by Crippen LogP contribution is -2.34. The predicted octanol–water partition coefficient (Wildman–Crippen LogP) is 2.49. The van der Waals surface area contributed by atoms with E-state index in [1.807, 2.05) is 31.2 Å². The number of amides is 2. The van der Waals surface area contributed by atoms with Gasteiger partial charge in [-0.15, -0.1) is 0 Å². The van der Waals surface area contributed by atoms with Crippen molar-refractivity contribution in [1.29, 1.82) is 0 Å². The molecule has 2 rings (SSSR count). The Kier molecular flexibility index (Phi) is 6.93. The summed E-state index contributed by atoms with van der Waals surface area (Å²) < 4.78 is 1.74. The highest BCUT2D eigenvalue weighted by Gasteiger charge is 2.18. The van der Waals surface area contributed by atoms with Crippen molar-refractivity contribution in [1.82, 2.24) is 15.2 Å². The van der Waals surface area contributed by atoms with Gasteiger partial charge in [-0.25, -0.2) is 0 Å². The number of pyridine rings is 1. The molecule has 0 bridgehead atoms. The third kappa shape index (κ3) is 5.54. The Balaban J connectivity index is 2.27. The zero-order valence-electron chi connectivity index (χ0n) is 16.3. The molecule has 0 fully saturated rings. The first-order valence-corrected chi connectivity index (χ1v) is 9.11. The molecule has 27 heavy (non-hydrogen) atoms. The highest BCUT2D eigenvalue weighted by Crippen LogP contribution is 2.07. The van der Waals surface area contributed by atoms with Gasteiger partial charge in [0.25, 0.3) is 11.8 Å². The van der Waals surface area contributed by atoms with Gasteiger partial charge in [0.15, 0.2) is 0 Å². The lowest BCUT2D eigenvalue weighted by atomic mass is 10.1. The van der Waals surface area contributed by atoms with Gasteiger partial charge in [0.2, 0.25) is 5.43 Å². The fraction of sp³-hybridized carbons (Fsp3) is 0.381. The van der Waals surface area contributed by atoms with E-state index in [-0.39, 0.29) is 11.1 Å². The van der Waals surface area contributed by atoms with E-state index in [1.54, 1.807) is 4.57 Å². The summed E-state index contributed by atoms with van der Waals surface area (Å²) in [5.74, 6) is -0.511. The fourth-order valence-electron chi connectivity index (χ4n) is 2.61. The average Bonchev–Trinajstić information content (AvgIpc) is 2.65. The third-order valence-corrected chi connectivity index (χ3v) is 4.33. The maximum Gasteiger partial charge on any atom is 0.257 e. The van der Waals surface area contributed by atoms with Gasteiger partial charge in [0.1, 0.15) is 11.1 Å². The van der Waals surface area contributed by atoms with Crippen LogP contribution in [0.5, 0.6) is 0 Å². The molecule has 1 aromatic carbocycles. The molecule has 0 aliphatic rings. The van der Waals surface area contributed by atoms with Crippen molar-refractivity contribution in [2.45, 2.75) is 40.3 Å². The number of aromatic nitrogens is 1. The molecule has 6 nitrogen and oxygen atoms in total. The van der Waals surface area contributed by atoms with E-state index < -0.39 is 17.2 Å². The van der Waals surface area contributed by atoms with Crippen LogP contribution in [0.2, 0.25) is 0 Å². The van der Waals surface area contributed by atoms with Crippen molar-refractivity contribution in [3.8, 4) is 0 Å². The van der Waals surface area contributed by atoms with Crippen LogP contribution in [0.25, 0.3) is 0 Å². The van der Waals surface area contributed by atoms with Crippen molar-refractivity contribution in [2.24, 2.45) is 5.92 Å². The number of nitrogens with zero attached hydrogens (tertiary/aromatic N) is 1. The summed E-state index contributed by atoms with van der Waals surface area (Å²) in [7, 11) is 1.46. The molecule has 144 valence electrons. The number of carbonyl (C=O) groups excluding carboxylic acids is 2. The molecule has 1 heterocycles. The topological polar surface area (TPSA) is 80.2 Å². The van der Waals surface area contributed by atoms with Crippen molar-refractivity contribution >= 4 is 11.8 Å². The molecule has 0 unspecified atom stereocenters. The molecule has 2 amide bonds. The minimum Gasteiger partial charge on any atom is -0.355 e. The molecule has 2 N–H and O–H groups in total. The zero-order chi connectivity index (χ0) is 20.0. The van der Waals surface area contributed by atoms with Crippen LogP contribution < -0.4 is 16.1 Å². The molecule has 0 radical (unpaired) electrons. The summed E-state index contributed by atoms with van der Waals surface area (Å²) in [6.07, 6.45) is 3.92. The minimum atomic E-state index is -0.559. The number of benzene rings is 1. The number of nitrogens with one attached hydrogen (secondary N) is 2. The number of hydrogen-bond acceptors (Lipinski definition) is 3. The molecule has 0 aliphatic heterocycles. The Morgan fingerprint density at radius 3 is 2.19 bits per heavy atom. The van der Waals surface area contributed by atoms with Gasteiger partial charge in [-0.05, 0) is 24.8 Å². The van der Waals surface area contributed by atoms with E-state index in [4.69, 9.17) is 0 Å². The van der Waals surface area contributed by atoms with Crippen LogP contribution in [0, 0.1) is 12.8 Å². The second-order valence-electron chi connectivity index (χ2n) is 7.08. The highest BCUT2D eigenvalue weighted by atomic mass is 16.2. The monoisotopic (exact) mass is 369 g/mol. The van der Waals surface area contributed by atoms with Gasteiger partial charge >= 0.3 is 0 Å². The summed E-state index contributed by atoms with van der Waals surface area (Å²) in [5.41, 5.74) is 1.47. The summed E-state index contributed by atoms with van der Waals surface area (Å²) in [6.45, 7) is 7.12. The van der Waals surface area contributed by atoms with E-state index in [0.29, 0.717) is 19.0 Å². The molecular weight excluding hydrogens is 342 g/mol. The molecule has 0 spiro atoms. The van der Waals surface area contributed by atoms with Gasteiger partial charge in [-0.2, -0.15) is 0 Å². The Labute approximate surface area is 159 Å². The summed E-state index contributed by atoms with van der Waals surface area (Å²) in [5, 5.41) is 5.23. The number of rotatable bonds is 7. The average molecular weight is 369 g/mol. The maximum atomic E-state index is 12.6. The Bertz CT molecular complexity index is 867. The van der Waals surface area contributed by atoms with Crippen LogP contribution in [0.1, 0.15) is 52.1 Å². The van der Waals surface area contributed by atoms with Crippen LogP contribution in [-0.2, 0) is 13.1 Å². The van der Waals surface area contributed by atoms with E-state index in [9.17, 15) is 14.4 Å². The van der Waals surface area contributed by atoms with Crippen LogP contribution in [0.3, 0.4) is 0 Å². The molecule has 6 heteroatoms. The van der Waals surface area contributed by atoms with Crippen molar-refractivity contribution in [3.63, 3.8) is 0 Å². The molecule has 0 aliphatic carbocycles. The van der Waals surface area contributed by atoms with Gasteiger partial charge in [0, 0.05) is 32.5 Å². The number of hydrogen-bond donors (Lipinski definition) is 2. The fourth-order valence-corrected chi connectivity index (χ4v) is 2.61. The van der Waals surface area contributed by atoms with Crippen LogP contribution >= 0.6 is 0 Å². The maximum absolute atomic E-state index is 12.6. The SMILES string of the molecule is CNC(=O)c1cn(CCC(C)C)cc(C(=O)NCc2ccc(C)cc2)c1=O. The molecule has 0 saturated carbocycles. The van der Waals surface area contributed by atoms with Crippen LogP contribution in [0.15, 0.2) is 41.5 Å². The molecule has 2 aromatic rings. The van der Waals surface area contributed by atoms with Crippen LogP contribution in [-0.4, -0.2) is 23.4 Å². The number of aryl methyl sites for hydroxylation is 2. The lowest BCUT2D eigenvalue weighted by molar-refractivity contribution is 0.0949. The van der Waals surface area contributed by atoms with Gasteiger partial charge in [0.05, 0.1) is 0 Å². The van der Waals surface area contributed by atoms with Gasteiger partial charge in [-0.1, -0.05) is 43.7 Å². The second kappa shape index (κ2) is 9.16. The molecule has 0 saturated heterocycles. The van der Waals surface area contributed by atoms with E-state index in [0.717, 1.165) is 17.5 Å². The quantitative estimate of drug-likeness (QED) is 0.787. The Hall–Kier alpha value is -2.89. The summed E-state index contributed by atoms with van der Waals surface area (Å²) >= 11 is 0. The summed E-state index contributed by atoms with van der Waals surface area (Å²) in [4.78, 5) is 37.3. The van der Waals surface area contributed by atoms with E-state index in [2.05, 4.69) is 24.5 Å². The first-order valence-electron chi connectivity index (χ1n) is 9.11. The zero-order valence-corrected chi connectivity index (χ0v) is 16.3. The van der Waals surface area contributed by atoms with Crippen molar-refractivity contribution < 1.29 is 9.59 Å². The standard InChI is InChI=1S/C21H27N3O3/c1-14(2)9-10-24-12-17(20(26)22-4)19(25)18(13-24)21(27)23-11-16-7-5-15(3)6-8-16/h5-8,12-14H,9-11H2,1-4H3,(H,22,26)(H,23,27). The van der Waals surface area contributed by atoms with Crippen molar-refractivity contribution in [3.05, 3.63) is 69.1 Å². The largest absolute Gasteiger partial charge is 0.355 e. The molecule has 0 atom stereocenters. The van der Waals surface area contributed by atoms with Crippen molar-refractivity contribution in [2.75, 3.05) is 7.05 Å². The van der Waals surface area contributed by atoms with Gasteiger partial charge < -0.3 is 15.2 Å².